The summed E-state index contributed by atoms with van der Waals surface area (Å²) in [7, 11) is 0. The van der Waals surface area contributed by atoms with E-state index in [-0.39, 0.29) is 0 Å². The van der Waals surface area contributed by atoms with Crippen molar-refractivity contribution in [1.82, 2.24) is 0 Å². The Kier molecular flexibility index (Phi) is 7.49. The van der Waals surface area contributed by atoms with Crippen molar-refractivity contribution in [3.63, 3.8) is 0 Å². The van der Waals surface area contributed by atoms with Crippen LogP contribution in [0.1, 0.15) is 34.6 Å². The van der Waals surface area contributed by atoms with Gasteiger partial charge < -0.3 is 23.8 Å². The van der Waals surface area contributed by atoms with Gasteiger partial charge in [-0.3, -0.25) is 14.4 Å². The summed E-state index contributed by atoms with van der Waals surface area (Å²) in [6.07, 6.45) is -3.87. The monoisotopic (exact) mass is 359 g/mol. The van der Waals surface area contributed by atoms with Crippen molar-refractivity contribution < 1.29 is 43.0 Å². The molecule has 0 bridgehead atoms. The van der Waals surface area contributed by atoms with Crippen LogP contribution in [0.4, 0.5) is 0 Å². The molecule has 5 atom stereocenters. The first-order chi connectivity index (χ1) is 11.6. The number of rotatable bonds is 5. The minimum atomic E-state index is -1.15. The third-order valence-corrected chi connectivity index (χ3v) is 3.10. The lowest BCUT2D eigenvalue weighted by Gasteiger charge is -2.42. The van der Waals surface area contributed by atoms with E-state index in [1.165, 1.54) is 6.92 Å². The molecule has 25 heavy (non-hydrogen) atoms. The van der Waals surface area contributed by atoms with E-state index in [0.717, 1.165) is 27.0 Å². The second-order valence-electron chi connectivity index (χ2n) is 5.37. The van der Waals surface area contributed by atoms with Crippen molar-refractivity contribution in [2.24, 2.45) is 5.16 Å². The third kappa shape index (κ3) is 6.49. The quantitative estimate of drug-likeness (QED) is 0.221. The van der Waals surface area contributed by atoms with Crippen LogP contribution in [0, 0.1) is 0 Å². The van der Waals surface area contributed by atoms with E-state index in [1.807, 2.05) is 0 Å². The molecule has 140 valence electrons. The van der Waals surface area contributed by atoms with E-state index in [2.05, 4.69) is 9.99 Å². The molecule has 0 aliphatic carbocycles. The number of ether oxygens (including phenoxy) is 4. The molecule has 1 aliphatic rings. The molecule has 0 saturated carbocycles. The van der Waals surface area contributed by atoms with Crippen molar-refractivity contribution >= 4 is 30.1 Å². The molecule has 0 spiro atoms. The highest BCUT2D eigenvalue weighted by atomic mass is 16.7. The van der Waals surface area contributed by atoms with E-state index in [0.29, 0.717) is 0 Å². The second kappa shape index (κ2) is 9.11. The van der Waals surface area contributed by atoms with E-state index >= 15 is 0 Å². The first-order valence-corrected chi connectivity index (χ1v) is 7.50. The number of esters is 3. The van der Waals surface area contributed by atoms with Gasteiger partial charge in [-0.05, 0) is 6.92 Å². The highest BCUT2D eigenvalue weighted by Gasteiger charge is 2.49. The van der Waals surface area contributed by atoms with E-state index in [9.17, 15) is 19.2 Å². The van der Waals surface area contributed by atoms with Gasteiger partial charge in [0.2, 0.25) is 0 Å². The minimum Gasteiger partial charge on any atom is -0.456 e. The van der Waals surface area contributed by atoms with Gasteiger partial charge in [-0.15, -0.1) is 0 Å². The summed E-state index contributed by atoms with van der Waals surface area (Å²) >= 11 is 0. The zero-order chi connectivity index (χ0) is 19.1. The van der Waals surface area contributed by atoms with E-state index in [1.54, 1.807) is 6.92 Å². The number of oxime groups is 1. The Morgan fingerprint density at radius 2 is 1.28 bits per heavy atom. The Labute approximate surface area is 144 Å². The fourth-order valence-corrected chi connectivity index (χ4v) is 2.33. The molecule has 0 N–H and O–H groups in total. The smallest absolute Gasteiger partial charge is 0.331 e. The highest BCUT2D eigenvalue weighted by molar-refractivity contribution is 5.71. The van der Waals surface area contributed by atoms with Gasteiger partial charge in [0, 0.05) is 27.7 Å². The minimum absolute atomic E-state index is 0.619. The van der Waals surface area contributed by atoms with Gasteiger partial charge in [0.1, 0.15) is 6.10 Å². The summed E-state index contributed by atoms with van der Waals surface area (Å²) < 4.78 is 21.2. The summed E-state index contributed by atoms with van der Waals surface area (Å²) in [6, 6.07) is 0. The first kappa shape index (κ1) is 20.6. The van der Waals surface area contributed by atoms with E-state index in [4.69, 9.17) is 18.9 Å². The van der Waals surface area contributed by atoms with Gasteiger partial charge in [-0.1, -0.05) is 5.16 Å². The van der Waals surface area contributed by atoms with Crippen molar-refractivity contribution in [1.29, 1.82) is 0 Å². The molecule has 1 saturated heterocycles. The summed E-state index contributed by atoms with van der Waals surface area (Å²) in [5.74, 6) is -2.61. The molecule has 0 amide bonds. The maximum Gasteiger partial charge on any atom is 0.331 e. The molecule has 0 radical (unpaired) electrons. The number of hydrogen-bond donors (Lipinski definition) is 0. The summed E-state index contributed by atoms with van der Waals surface area (Å²) in [5.41, 5.74) is 0. The predicted octanol–water partition coefficient (Wildman–Crippen LogP) is 0.118. The molecule has 1 fully saturated rings. The first-order valence-electron chi connectivity index (χ1n) is 7.50. The zero-order valence-electron chi connectivity index (χ0n) is 14.6. The Hall–Kier alpha value is -2.49. The standard InChI is InChI=1S/C15H21NO9/c1-7-13(22-8(2)17)15(24-10(4)19)14(23-9(3)18)12(21-7)6-16-25-11(5)20/h6-7,12-15H,1-5H3/b16-6-/t7-,12+,13-,14-,15+/m0/s1. The second-order valence-corrected chi connectivity index (χ2v) is 5.37. The van der Waals surface area contributed by atoms with Crippen LogP contribution in [0.5, 0.6) is 0 Å². The van der Waals surface area contributed by atoms with Gasteiger partial charge in [-0.2, -0.15) is 0 Å². The van der Waals surface area contributed by atoms with Crippen LogP contribution in [-0.4, -0.2) is 60.6 Å². The molecule has 0 aromatic heterocycles. The largest absolute Gasteiger partial charge is 0.456 e. The van der Waals surface area contributed by atoms with Crippen LogP contribution in [0.25, 0.3) is 0 Å². The van der Waals surface area contributed by atoms with Gasteiger partial charge in [0.15, 0.2) is 18.3 Å². The SMILES string of the molecule is CC(=O)O/N=C\[C@H]1O[C@@H](C)[C@H](OC(C)=O)[C@@H](OC(C)=O)[C@H]1OC(C)=O. The van der Waals surface area contributed by atoms with Crippen LogP contribution in [0.2, 0.25) is 0 Å². The average Bonchev–Trinajstić information content (AvgIpc) is 2.45. The van der Waals surface area contributed by atoms with E-state index < -0.39 is 54.4 Å². The molecule has 1 heterocycles. The molecule has 0 unspecified atom stereocenters. The summed E-state index contributed by atoms with van der Waals surface area (Å²) in [5, 5.41) is 3.45. The van der Waals surface area contributed by atoms with Gasteiger partial charge in [0.05, 0.1) is 12.3 Å². The molecule has 10 nitrogen and oxygen atoms in total. The lowest BCUT2D eigenvalue weighted by molar-refractivity contribution is -0.232. The average molecular weight is 359 g/mol. The summed E-state index contributed by atoms with van der Waals surface area (Å²) in [6.45, 7) is 6.25. The number of carbonyl (C=O) groups excluding carboxylic acids is 4. The van der Waals surface area contributed by atoms with Crippen LogP contribution in [0.15, 0.2) is 5.16 Å². The fourth-order valence-electron chi connectivity index (χ4n) is 2.33. The Morgan fingerprint density at radius 1 is 0.800 bits per heavy atom. The van der Waals surface area contributed by atoms with Gasteiger partial charge >= 0.3 is 23.9 Å². The molecule has 1 rings (SSSR count). The predicted molar refractivity (Wildman–Crippen MR) is 81.3 cm³/mol. The molecule has 0 aromatic rings. The zero-order valence-corrected chi connectivity index (χ0v) is 14.6. The summed E-state index contributed by atoms with van der Waals surface area (Å²) in [4.78, 5) is 49.5. The van der Waals surface area contributed by atoms with Crippen molar-refractivity contribution in [2.45, 2.75) is 65.1 Å². The van der Waals surface area contributed by atoms with Gasteiger partial charge in [0.25, 0.3) is 0 Å². The molecule has 10 heteroatoms. The van der Waals surface area contributed by atoms with Crippen LogP contribution in [-0.2, 0) is 43.0 Å². The van der Waals surface area contributed by atoms with Crippen LogP contribution < -0.4 is 0 Å². The van der Waals surface area contributed by atoms with Gasteiger partial charge in [-0.25, -0.2) is 4.79 Å². The number of hydrogen-bond acceptors (Lipinski definition) is 10. The topological polar surface area (TPSA) is 127 Å². The van der Waals surface area contributed by atoms with Crippen molar-refractivity contribution in [2.75, 3.05) is 0 Å². The maximum absolute atomic E-state index is 11.4. The van der Waals surface area contributed by atoms with Crippen molar-refractivity contribution in [3.05, 3.63) is 0 Å². The third-order valence-electron chi connectivity index (χ3n) is 3.10. The normalized spacial score (nSPS) is 28.9. The van der Waals surface area contributed by atoms with Crippen LogP contribution in [0.3, 0.4) is 0 Å². The molecule has 0 aromatic carbocycles. The highest BCUT2D eigenvalue weighted by Crippen LogP contribution is 2.28. The van der Waals surface area contributed by atoms with Crippen molar-refractivity contribution in [3.8, 4) is 0 Å². The maximum atomic E-state index is 11.4. The number of carbonyl (C=O) groups is 4. The molecule has 1 aliphatic heterocycles. The lowest BCUT2D eigenvalue weighted by Crippen LogP contribution is -2.61. The number of nitrogens with zero attached hydrogens (tertiary/aromatic N) is 1. The Bertz CT molecular complexity index is 559. The lowest BCUT2D eigenvalue weighted by atomic mass is 9.95. The fraction of sp³-hybridized carbons (Fsp3) is 0.667. The molecular formula is C15H21NO9. The van der Waals surface area contributed by atoms with Crippen LogP contribution >= 0.6 is 0 Å². The molecular weight excluding hydrogens is 338 g/mol. The Morgan fingerprint density at radius 3 is 1.76 bits per heavy atom. The Balaban J connectivity index is 3.15.